The number of rotatable bonds is 12. The number of para-hydroxylation sites is 2. The molecule has 2 heterocycles. The van der Waals surface area contributed by atoms with E-state index >= 15 is 0 Å². The summed E-state index contributed by atoms with van der Waals surface area (Å²) in [6.07, 6.45) is 7.46. The van der Waals surface area contributed by atoms with Gasteiger partial charge in [0.15, 0.2) is 5.78 Å². The van der Waals surface area contributed by atoms with Gasteiger partial charge in [0.05, 0.1) is 23.3 Å². The number of hydrogen-bond acceptors (Lipinski definition) is 7. The van der Waals surface area contributed by atoms with Crippen LogP contribution in [0.5, 0.6) is 0 Å². The molecule has 1 aliphatic carbocycles. The number of benzene rings is 2. The number of Topliss-reactive ketones (excluding diaryl/α,β-unsaturated/α-hetero) is 2. The minimum absolute atomic E-state index is 0.0106. The monoisotopic (exact) mass is 597 g/mol. The van der Waals surface area contributed by atoms with Crippen LogP contribution in [0, 0.1) is 11.8 Å². The Morgan fingerprint density at radius 1 is 0.886 bits per heavy atom. The van der Waals surface area contributed by atoms with Crippen LogP contribution in [0.4, 0.5) is 0 Å². The van der Waals surface area contributed by atoms with Crippen LogP contribution in [0.1, 0.15) is 73.8 Å². The predicted molar refractivity (Wildman–Crippen MR) is 164 cm³/mol. The van der Waals surface area contributed by atoms with Crippen molar-refractivity contribution in [3.05, 3.63) is 72.1 Å². The zero-order valence-corrected chi connectivity index (χ0v) is 24.8. The molecule has 2 aliphatic rings. The van der Waals surface area contributed by atoms with Gasteiger partial charge < -0.3 is 16.0 Å². The second kappa shape index (κ2) is 14.8. The predicted octanol–water partition coefficient (Wildman–Crippen LogP) is 3.48. The van der Waals surface area contributed by atoms with Crippen molar-refractivity contribution in [1.82, 2.24) is 25.9 Å². The lowest BCUT2D eigenvalue weighted by Crippen LogP contribution is -2.53. The van der Waals surface area contributed by atoms with E-state index in [9.17, 15) is 24.0 Å². The lowest BCUT2D eigenvalue weighted by Gasteiger charge is -2.28. The number of carbonyl (C=O) groups is 5. The summed E-state index contributed by atoms with van der Waals surface area (Å²) in [6, 6.07) is 15.2. The van der Waals surface area contributed by atoms with Gasteiger partial charge in [-0.25, -0.2) is 4.98 Å². The lowest BCUT2D eigenvalue weighted by atomic mass is 9.88. The maximum atomic E-state index is 13.9. The molecule has 1 saturated carbocycles. The Bertz CT molecular complexity index is 1500. The van der Waals surface area contributed by atoms with Gasteiger partial charge >= 0.3 is 0 Å². The second-order valence-corrected chi connectivity index (χ2v) is 11.9. The maximum absolute atomic E-state index is 13.9. The molecule has 3 amide bonds. The molecule has 1 aromatic heterocycles. The summed E-state index contributed by atoms with van der Waals surface area (Å²) in [4.78, 5) is 75.4. The number of piperidine rings is 1. The van der Waals surface area contributed by atoms with Gasteiger partial charge in [-0.3, -0.25) is 29.0 Å². The normalized spacial score (nSPS) is 18.5. The van der Waals surface area contributed by atoms with Crippen LogP contribution in [-0.2, 0) is 25.6 Å². The average molecular weight is 598 g/mol. The van der Waals surface area contributed by atoms with E-state index in [1.807, 2.05) is 42.5 Å². The van der Waals surface area contributed by atoms with Crippen LogP contribution in [-0.4, -0.2) is 57.9 Å². The van der Waals surface area contributed by atoms with Gasteiger partial charge in [-0.2, -0.15) is 0 Å². The zero-order chi connectivity index (χ0) is 30.9. The summed E-state index contributed by atoms with van der Waals surface area (Å²) in [5.74, 6) is -3.97. The number of hydrogen-bond donors (Lipinski definition) is 3. The van der Waals surface area contributed by atoms with Gasteiger partial charge in [-0.15, -0.1) is 0 Å². The minimum atomic E-state index is -1.20. The molecule has 230 valence electrons. The Morgan fingerprint density at radius 3 is 2.36 bits per heavy atom. The molecule has 0 spiro atoms. The zero-order valence-electron chi connectivity index (χ0n) is 24.8. The van der Waals surface area contributed by atoms with E-state index < -0.39 is 35.5 Å². The molecular weight excluding hydrogens is 558 g/mol. The third-order valence-electron chi connectivity index (χ3n) is 8.58. The average Bonchev–Trinajstić information content (AvgIpc) is 3.05. The van der Waals surface area contributed by atoms with Crippen molar-refractivity contribution >= 4 is 40.3 Å². The molecule has 3 N–H and O–H groups in total. The lowest BCUT2D eigenvalue weighted by molar-refractivity contribution is -0.141. The molecule has 0 unspecified atom stereocenters. The highest BCUT2D eigenvalue weighted by Gasteiger charge is 2.36. The molecule has 10 heteroatoms. The summed E-state index contributed by atoms with van der Waals surface area (Å²) >= 11 is 0. The van der Waals surface area contributed by atoms with E-state index in [0.717, 1.165) is 44.1 Å². The van der Waals surface area contributed by atoms with Crippen LogP contribution in [0.2, 0.25) is 0 Å². The first-order valence-electron chi connectivity index (χ1n) is 15.6. The summed E-state index contributed by atoms with van der Waals surface area (Å²) in [6.45, 7) is 0.557. The van der Waals surface area contributed by atoms with Crippen molar-refractivity contribution in [2.75, 3.05) is 6.54 Å². The van der Waals surface area contributed by atoms with Crippen LogP contribution in [0.15, 0.2) is 60.8 Å². The van der Waals surface area contributed by atoms with Crippen molar-refractivity contribution < 1.29 is 24.0 Å². The van der Waals surface area contributed by atoms with Gasteiger partial charge in [0, 0.05) is 30.8 Å². The number of aromatic nitrogens is 2. The summed E-state index contributed by atoms with van der Waals surface area (Å²) in [7, 11) is 0. The molecule has 0 bridgehead atoms. The molecule has 1 saturated heterocycles. The number of amides is 3. The summed E-state index contributed by atoms with van der Waals surface area (Å²) < 4.78 is 0. The third kappa shape index (κ3) is 8.12. The van der Waals surface area contributed by atoms with E-state index in [1.54, 1.807) is 12.1 Å². The van der Waals surface area contributed by atoms with Crippen LogP contribution in [0.3, 0.4) is 0 Å². The van der Waals surface area contributed by atoms with E-state index in [0.29, 0.717) is 24.0 Å². The van der Waals surface area contributed by atoms with E-state index in [2.05, 4.69) is 25.9 Å². The molecule has 44 heavy (non-hydrogen) atoms. The first kappa shape index (κ1) is 31.0. The molecule has 2 aromatic carbocycles. The number of ketones is 2. The fraction of sp³-hybridized carbons (Fsp3) is 0.441. The van der Waals surface area contributed by atoms with Gasteiger partial charge in [-0.1, -0.05) is 61.7 Å². The Hall–Kier alpha value is -4.47. The number of nitrogens with one attached hydrogen (secondary N) is 3. The topological polar surface area (TPSA) is 147 Å². The molecule has 3 atom stereocenters. The first-order valence-corrected chi connectivity index (χ1v) is 15.6. The Morgan fingerprint density at radius 2 is 1.61 bits per heavy atom. The van der Waals surface area contributed by atoms with Crippen LogP contribution < -0.4 is 16.0 Å². The van der Waals surface area contributed by atoms with E-state index in [4.69, 9.17) is 0 Å². The highest BCUT2D eigenvalue weighted by atomic mass is 16.2. The summed E-state index contributed by atoms with van der Waals surface area (Å²) in [5, 5.41) is 8.46. The van der Waals surface area contributed by atoms with Crippen molar-refractivity contribution in [2.24, 2.45) is 11.8 Å². The quantitative estimate of drug-likeness (QED) is 0.214. The number of nitrogens with zero attached hydrogens (tertiary/aromatic N) is 2. The minimum Gasteiger partial charge on any atom is -0.356 e. The molecule has 5 rings (SSSR count). The number of fused-ring (bicyclic) bond motifs is 1. The highest BCUT2D eigenvalue weighted by molar-refractivity contribution is 6.38. The fourth-order valence-electron chi connectivity index (χ4n) is 6.10. The SMILES string of the molecule is O=C(NC1CCCCC1)C(=O)[C@H](C[C@@H]1CCCNC1=O)NC(=O)[C@@H](CC(=O)c1cnc2ccccc2n1)Cc1ccccc1. The summed E-state index contributed by atoms with van der Waals surface area (Å²) in [5.41, 5.74) is 2.22. The van der Waals surface area contributed by atoms with Gasteiger partial charge in [0.25, 0.3) is 5.91 Å². The van der Waals surface area contributed by atoms with E-state index in [1.165, 1.54) is 6.20 Å². The van der Waals surface area contributed by atoms with Gasteiger partial charge in [-0.05, 0) is 56.2 Å². The Balaban J connectivity index is 1.36. The van der Waals surface area contributed by atoms with Gasteiger partial charge in [0.1, 0.15) is 5.69 Å². The van der Waals surface area contributed by atoms with Crippen molar-refractivity contribution in [2.45, 2.75) is 76.3 Å². The standard InChI is InChI=1S/C34H39N5O5/c40-30(29-21-36-26-15-7-8-16-27(26)38-29)20-24(18-22-10-3-1-4-11-22)33(43)39-28(19-23-12-9-17-35-32(23)42)31(41)34(44)37-25-13-5-2-6-14-25/h1,3-4,7-8,10-11,15-16,21,23-25,28H,2,5-6,9,12-14,17-20H2,(H,35,42)(H,37,44)(H,39,43)/t23-,24+,28-/m0/s1. The largest absolute Gasteiger partial charge is 0.356 e. The van der Waals surface area contributed by atoms with Gasteiger partial charge in [0.2, 0.25) is 17.6 Å². The number of carbonyl (C=O) groups excluding carboxylic acids is 5. The first-order chi connectivity index (χ1) is 21.4. The molecular formula is C34H39N5O5. The molecule has 3 aromatic rings. The van der Waals surface area contributed by atoms with E-state index in [-0.39, 0.29) is 42.7 Å². The van der Waals surface area contributed by atoms with Crippen molar-refractivity contribution in [1.29, 1.82) is 0 Å². The second-order valence-electron chi connectivity index (χ2n) is 11.9. The Kier molecular flexibility index (Phi) is 10.4. The smallest absolute Gasteiger partial charge is 0.289 e. The molecule has 0 radical (unpaired) electrons. The maximum Gasteiger partial charge on any atom is 0.289 e. The Labute approximate surface area is 256 Å². The van der Waals surface area contributed by atoms with Crippen molar-refractivity contribution in [3.8, 4) is 0 Å². The third-order valence-corrected chi connectivity index (χ3v) is 8.58. The fourth-order valence-corrected chi connectivity index (χ4v) is 6.10. The molecule has 2 fully saturated rings. The molecule has 1 aliphatic heterocycles. The van der Waals surface area contributed by atoms with Crippen LogP contribution >= 0.6 is 0 Å². The highest BCUT2D eigenvalue weighted by Crippen LogP contribution is 2.22. The van der Waals surface area contributed by atoms with Crippen molar-refractivity contribution in [3.63, 3.8) is 0 Å². The molecule has 10 nitrogen and oxygen atoms in total. The van der Waals surface area contributed by atoms with Crippen LogP contribution in [0.25, 0.3) is 11.0 Å².